The number of aliphatic hydroxyl groups excluding tert-OH is 1. The molecule has 0 bridgehead atoms. The second-order valence-electron chi connectivity index (χ2n) is 4.44. The van der Waals surface area contributed by atoms with Crippen LogP contribution in [0.3, 0.4) is 0 Å². The molecule has 0 radical (unpaired) electrons. The van der Waals surface area contributed by atoms with E-state index in [9.17, 15) is 5.11 Å². The van der Waals surface area contributed by atoms with E-state index in [1.54, 1.807) is 6.20 Å². The first-order chi connectivity index (χ1) is 8.15. The molecule has 1 saturated carbocycles. The van der Waals surface area contributed by atoms with Crippen molar-refractivity contribution in [3.05, 3.63) is 24.0 Å². The van der Waals surface area contributed by atoms with Crippen LogP contribution in [0.25, 0.3) is 0 Å². The fourth-order valence-electron chi connectivity index (χ4n) is 2.11. The minimum absolute atomic E-state index is 0.127. The summed E-state index contributed by atoms with van der Waals surface area (Å²) in [6.07, 6.45) is 5.29. The van der Waals surface area contributed by atoms with Crippen molar-refractivity contribution in [1.29, 1.82) is 0 Å². The molecule has 0 saturated heterocycles. The molecular weight excluding hydrogens is 234 g/mol. The van der Waals surface area contributed by atoms with Crippen molar-refractivity contribution in [2.75, 3.05) is 5.32 Å². The van der Waals surface area contributed by atoms with Gasteiger partial charge in [0.25, 0.3) is 0 Å². The zero-order valence-corrected chi connectivity index (χ0v) is 10.4. The molecule has 5 heteroatoms. The lowest BCUT2D eigenvalue weighted by Crippen LogP contribution is -2.28. The van der Waals surface area contributed by atoms with Gasteiger partial charge in [0, 0.05) is 17.9 Å². The summed E-state index contributed by atoms with van der Waals surface area (Å²) in [6.45, 7) is 0. The molecule has 2 rings (SSSR count). The zero-order chi connectivity index (χ0) is 12.3. The molecule has 92 valence electrons. The molecule has 0 aromatic carbocycles. The maximum atomic E-state index is 9.44. The molecule has 4 N–H and O–H groups in total. The van der Waals surface area contributed by atoms with Crippen LogP contribution >= 0.6 is 12.2 Å². The van der Waals surface area contributed by atoms with E-state index in [0.717, 1.165) is 31.4 Å². The SMILES string of the molecule is NC(=S)c1cc(NC2CCC(O)CC2)ccn1. The van der Waals surface area contributed by atoms with Crippen LogP contribution in [0.2, 0.25) is 0 Å². The predicted octanol–water partition coefficient (Wildman–Crippen LogP) is 1.43. The van der Waals surface area contributed by atoms with E-state index in [0.29, 0.717) is 16.7 Å². The van der Waals surface area contributed by atoms with Crippen molar-refractivity contribution >= 4 is 22.9 Å². The summed E-state index contributed by atoms with van der Waals surface area (Å²) in [6, 6.07) is 4.19. The number of nitrogens with one attached hydrogen (secondary N) is 1. The van der Waals surface area contributed by atoms with Gasteiger partial charge in [0.2, 0.25) is 0 Å². The Labute approximate surface area is 106 Å². The monoisotopic (exact) mass is 251 g/mol. The summed E-state index contributed by atoms with van der Waals surface area (Å²) in [5.41, 5.74) is 7.17. The molecule has 0 unspecified atom stereocenters. The average molecular weight is 251 g/mol. The predicted molar refractivity (Wildman–Crippen MR) is 72.0 cm³/mol. The van der Waals surface area contributed by atoms with Gasteiger partial charge in [-0.05, 0) is 37.8 Å². The van der Waals surface area contributed by atoms with Crippen LogP contribution < -0.4 is 11.1 Å². The van der Waals surface area contributed by atoms with Gasteiger partial charge in [-0.15, -0.1) is 0 Å². The van der Waals surface area contributed by atoms with Crippen LogP contribution in [-0.4, -0.2) is 27.2 Å². The average Bonchev–Trinajstić information content (AvgIpc) is 2.32. The van der Waals surface area contributed by atoms with Crippen LogP contribution in [0.1, 0.15) is 31.4 Å². The Balaban J connectivity index is 1.98. The first-order valence-corrected chi connectivity index (χ1v) is 6.26. The zero-order valence-electron chi connectivity index (χ0n) is 9.60. The summed E-state index contributed by atoms with van der Waals surface area (Å²) in [5, 5.41) is 12.9. The van der Waals surface area contributed by atoms with E-state index >= 15 is 0 Å². The lowest BCUT2D eigenvalue weighted by atomic mass is 9.93. The minimum Gasteiger partial charge on any atom is -0.393 e. The molecule has 17 heavy (non-hydrogen) atoms. The Hall–Kier alpha value is -1.20. The number of pyridine rings is 1. The van der Waals surface area contributed by atoms with Gasteiger partial charge in [-0.25, -0.2) is 0 Å². The number of aliphatic hydroxyl groups is 1. The Morgan fingerprint density at radius 3 is 2.76 bits per heavy atom. The van der Waals surface area contributed by atoms with E-state index in [1.165, 1.54) is 0 Å². The van der Waals surface area contributed by atoms with Gasteiger partial charge < -0.3 is 16.2 Å². The first-order valence-electron chi connectivity index (χ1n) is 5.85. The third-order valence-electron chi connectivity index (χ3n) is 3.08. The lowest BCUT2D eigenvalue weighted by molar-refractivity contribution is 0.126. The van der Waals surface area contributed by atoms with Gasteiger partial charge in [0.15, 0.2) is 0 Å². The van der Waals surface area contributed by atoms with E-state index in [4.69, 9.17) is 18.0 Å². The molecule has 1 aliphatic rings. The highest BCUT2D eigenvalue weighted by Crippen LogP contribution is 2.22. The topological polar surface area (TPSA) is 71.2 Å². The molecule has 0 atom stereocenters. The quantitative estimate of drug-likeness (QED) is 0.709. The number of rotatable bonds is 3. The van der Waals surface area contributed by atoms with E-state index < -0.39 is 0 Å². The van der Waals surface area contributed by atoms with Crippen molar-refractivity contribution in [3.8, 4) is 0 Å². The summed E-state index contributed by atoms with van der Waals surface area (Å²) >= 11 is 4.90. The van der Waals surface area contributed by atoms with Gasteiger partial charge in [-0.3, -0.25) is 4.98 Å². The Morgan fingerprint density at radius 1 is 1.41 bits per heavy atom. The Bertz CT molecular complexity index is 402. The second kappa shape index (κ2) is 5.42. The molecular formula is C12H17N3OS. The molecule has 1 fully saturated rings. The molecule has 0 amide bonds. The normalized spacial score (nSPS) is 24.3. The van der Waals surface area contributed by atoms with Crippen molar-refractivity contribution in [2.45, 2.75) is 37.8 Å². The number of thiocarbonyl (C=S) groups is 1. The van der Waals surface area contributed by atoms with Gasteiger partial charge in [0.05, 0.1) is 11.8 Å². The van der Waals surface area contributed by atoms with Gasteiger partial charge >= 0.3 is 0 Å². The highest BCUT2D eigenvalue weighted by atomic mass is 32.1. The van der Waals surface area contributed by atoms with Crippen molar-refractivity contribution in [3.63, 3.8) is 0 Å². The molecule has 0 spiro atoms. The third kappa shape index (κ3) is 3.38. The molecule has 1 aliphatic carbocycles. The van der Waals surface area contributed by atoms with Crippen LogP contribution in [0.15, 0.2) is 18.3 Å². The van der Waals surface area contributed by atoms with E-state index in [-0.39, 0.29) is 6.10 Å². The fourth-order valence-corrected chi connectivity index (χ4v) is 2.22. The number of aromatic nitrogens is 1. The maximum absolute atomic E-state index is 9.44. The van der Waals surface area contributed by atoms with Crippen LogP contribution in [0.4, 0.5) is 5.69 Å². The van der Waals surface area contributed by atoms with E-state index in [1.807, 2.05) is 12.1 Å². The molecule has 4 nitrogen and oxygen atoms in total. The summed E-state index contributed by atoms with van der Waals surface area (Å²) in [5.74, 6) is 0. The third-order valence-corrected chi connectivity index (χ3v) is 3.29. The number of hydrogen-bond donors (Lipinski definition) is 3. The number of hydrogen-bond acceptors (Lipinski definition) is 4. The smallest absolute Gasteiger partial charge is 0.122 e. The Morgan fingerprint density at radius 2 is 2.12 bits per heavy atom. The largest absolute Gasteiger partial charge is 0.393 e. The number of nitrogens with zero attached hydrogens (tertiary/aromatic N) is 1. The summed E-state index contributed by atoms with van der Waals surface area (Å²) < 4.78 is 0. The van der Waals surface area contributed by atoms with Crippen LogP contribution in [-0.2, 0) is 0 Å². The highest BCUT2D eigenvalue weighted by Gasteiger charge is 2.19. The van der Waals surface area contributed by atoms with Gasteiger partial charge in [-0.2, -0.15) is 0 Å². The minimum atomic E-state index is -0.127. The fraction of sp³-hybridized carbons (Fsp3) is 0.500. The molecule has 1 aromatic rings. The summed E-state index contributed by atoms with van der Waals surface area (Å²) in [7, 11) is 0. The van der Waals surface area contributed by atoms with Gasteiger partial charge in [0.1, 0.15) is 4.99 Å². The van der Waals surface area contributed by atoms with Crippen LogP contribution in [0.5, 0.6) is 0 Å². The Kier molecular flexibility index (Phi) is 3.91. The van der Waals surface area contributed by atoms with Crippen molar-refractivity contribution < 1.29 is 5.11 Å². The van der Waals surface area contributed by atoms with Crippen LogP contribution in [0, 0.1) is 0 Å². The summed E-state index contributed by atoms with van der Waals surface area (Å²) in [4.78, 5) is 4.41. The maximum Gasteiger partial charge on any atom is 0.122 e. The standard InChI is InChI=1S/C12H17N3OS/c13-12(17)11-7-9(5-6-14-11)15-8-1-3-10(16)4-2-8/h5-8,10,16H,1-4H2,(H2,13,17)(H,14,15). The molecule has 1 heterocycles. The molecule has 1 aromatic heterocycles. The lowest BCUT2D eigenvalue weighted by Gasteiger charge is -2.27. The van der Waals surface area contributed by atoms with Crippen molar-refractivity contribution in [1.82, 2.24) is 4.98 Å². The number of anilines is 1. The van der Waals surface area contributed by atoms with E-state index in [2.05, 4.69) is 10.3 Å². The first kappa shape index (κ1) is 12.3. The molecule has 0 aliphatic heterocycles. The van der Waals surface area contributed by atoms with Crippen molar-refractivity contribution in [2.24, 2.45) is 5.73 Å². The second-order valence-corrected chi connectivity index (χ2v) is 4.88. The number of nitrogens with two attached hydrogens (primary N) is 1. The highest BCUT2D eigenvalue weighted by molar-refractivity contribution is 7.80. The van der Waals surface area contributed by atoms with Gasteiger partial charge in [-0.1, -0.05) is 12.2 Å².